The third-order valence-corrected chi connectivity index (χ3v) is 6.47. The Morgan fingerprint density at radius 2 is 1.94 bits per heavy atom. The zero-order valence-corrected chi connectivity index (χ0v) is 19.1. The molecule has 0 saturated carbocycles. The second kappa shape index (κ2) is 9.21. The Balaban J connectivity index is 1.21. The summed E-state index contributed by atoms with van der Waals surface area (Å²) in [5.41, 5.74) is 2.23. The normalized spacial score (nSPS) is 18.7. The molecule has 1 aromatic heterocycles. The minimum atomic E-state index is -0.449. The summed E-state index contributed by atoms with van der Waals surface area (Å²) in [6, 6.07) is 17.4. The summed E-state index contributed by atoms with van der Waals surface area (Å²) in [5, 5.41) is 7.25. The van der Waals surface area contributed by atoms with E-state index in [4.69, 9.17) is 14.0 Å². The number of benzene rings is 2. The summed E-state index contributed by atoms with van der Waals surface area (Å²) >= 11 is 0. The first-order valence-corrected chi connectivity index (χ1v) is 11.4. The van der Waals surface area contributed by atoms with E-state index in [9.17, 15) is 9.59 Å². The second-order valence-electron chi connectivity index (χ2n) is 8.99. The molecule has 1 N–H and O–H groups in total. The molecule has 34 heavy (non-hydrogen) atoms. The number of rotatable bonds is 8. The van der Waals surface area contributed by atoms with Crippen molar-refractivity contribution in [3.8, 4) is 22.8 Å². The van der Waals surface area contributed by atoms with Crippen LogP contribution in [0.3, 0.4) is 0 Å². The molecule has 2 aromatic carbocycles. The molecule has 5 rings (SSSR count). The van der Waals surface area contributed by atoms with Gasteiger partial charge in [-0.2, -0.15) is 0 Å². The number of ether oxygens (including phenoxy) is 2. The van der Waals surface area contributed by atoms with Gasteiger partial charge < -0.3 is 24.2 Å². The molecule has 0 radical (unpaired) electrons. The highest BCUT2D eigenvalue weighted by atomic mass is 16.7. The molecule has 2 aliphatic heterocycles. The number of carbonyl (C=O) groups is 2. The predicted octanol–water partition coefficient (Wildman–Crippen LogP) is 3.70. The summed E-state index contributed by atoms with van der Waals surface area (Å²) in [7, 11) is 1.76. The van der Waals surface area contributed by atoms with Crippen molar-refractivity contribution >= 4 is 11.8 Å². The molecule has 3 aromatic rings. The van der Waals surface area contributed by atoms with E-state index in [1.807, 2.05) is 54.6 Å². The molecule has 0 aliphatic carbocycles. The van der Waals surface area contributed by atoms with Crippen LogP contribution in [0.4, 0.5) is 0 Å². The number of amides is 2. The topological polar surface area (TPSA) is 93.9 Å². The lowest BCUT2D eigenvalue weighted by Gasteiger charge is -2.30. The van der Waals surface area contributed by atoms with E-state index in [1.165, 1.54) is 0 Å². The van der Waals surface area contributed by atoms with E-state index in [0.717, 1.165) is 22.6 Å². The van der Waals surface area contributed by atoms with Gasteiger partial charge in [-0.15, -0.1) is 0 Å². The molecular formula is C26H27N3O5. The fourth-order valence-electron chi connectivity index (χ4n) is 4.62. The van der Waals surface area contributed by atoms with Gasteiger partial charge in [-0.25, -0.2) is 0 Å². The van der Waals surface area contributed by atoms with Crippen LogP contribution in [0.1, 0.15) is 36.9 Å². The van der Waals surface area contributed by atoms with E-state index in [2.05, 4.69) is 10.5 Å². The fraction of sp³-hybridized carbons (Fsp3) is 0.346. The molecule has 8 heteroatoms. The largest absolute Gasteiger partial charge is 0.454 e. The van der Waals surface area contributed by atoms with Crippen molar-refractivity contribution in [1.82, 2.24) is 15.4 Å². The minimum Gasteiger partial charge on any atom is -0.454 e. The van der Waals surface area contributed by atoms with Crippen molar-refractivity contribution in [1.29, 1.82) is 0 Å². The summed E-state index contributed by atoms with van der Waals surface area (Å²) in [5.74, 6) is 2.14. The summed E-state index contributed by atoms with van der Waals surface area (Å²) in [6.07, 6.45) is 2.68. The Kier molecular flexibility index (Phi) is 5.96. The van der Waals surface area contributed by atoms with Crippen molar-refractivity contribution in [3.63, 3.8) is 0 Å². The van der Waals surface area contributed by atoms with Gasteiger partial charge in [0.1, 0.15) is 5.69 Å². The van der Waals surface area contributed by atoms with Gasteiger partial charge in [0.15, 0.2) is 17.3 Å². The zero-order valence-electron chi connectivity index (χ0n) is 19.1. The molecule has 2 amide bonds. The molecular weight excluding hydrogens is 434 g/mol. The Hall–Kier alpha value is -3.81. The first-order valence-electron chi connectivity index (χ1n) is 11.4. The third-order valence-electron chi connectivity index (χ3n) is 6.47. The van der Waals surface area contributed by atoms with Gasteiger partial charge in [-0.05, 0) is 37.0 Å². The van der Waals surface area contributed by atoms with Crippen molar-refractivity contribution in [2.45, 2.75) is 44.2 Å². The molecule has 176 valence electrons. The van der Waals surface area contributed by atoms with E-state index < -0.39 is 5.54 Å². The molecule has 0 bridgehead atoms. The Labute approximate surface area is 197 Å². The van der Waals surface area contributed by atoms with Crippen molar-refractivity contribution in [2.75, 3.05) is 13.8 Å². The SMILES string of the molecule is CN(Cc1cc(-c2ccccc2)on1)C(=O)CCC1(Cc2ccc3c(c2)OCO3)CCC(=O)N1. The standard InChI is InChI=1S/C26H27N3O5/c1-29(16-20-14-22(34-28-20)19-5-3-2-4-6-19)25(31)10-12-26(11-9-24(30)27-26)15-18-7-8-21-23(13-18)33-17-32-21/h2-8,13-14H,9-12,15-17H2,1H3,(H,27,30). The van der Waals surface area contributed by atoms with Crippen LogP contribution in [-0.2, 0) is 22.6 Å². The molecule has 2 aliphatic rings. The van der Waals surface area contributed by atoms with Gasteiger partial charge in [0.05, 0.1) is 6.54 Å². The van der Waals surface area contributed by atoms with Crippen LogP contribution in [0, 0.1) is 0 Å². The number of aromatic nitrogens is 1. The molecule has 0 spiro atoms. The van der Waals surface area contributed by atoms with Gasteiger partial charge in [-0.3, -0.25) is 9.59 Å². The van der Waals surface area contributed by atoms with E-state index >= 15 is 0 Å². The first-order chi connectivity index (χ1) is 16.5. The van der Waals surface area contributed by atoms with E-state index in [0.29, 0.717) is 50.1 Å². The number of nitrogens with zero attached hydrogens (tertiary/aromatic N) is 2. The van der Waals surface area contributed by atoms with Gasteiger partial charge in [-0.1, -0.05) is 41.6 Å². The maximum Gasteiger partial charge on any atom is 0.231 e. The smallest absolute Gasteiger partial charge is 0.231 e. The van der Waals surface area contributed by atoms with Gasteiger partial charge in [0, 0.05) is 37.1 Å². The molecule has 1 atom stereocenters. The van der Waals surface area contributed by atoms with Crippen LogP contribution in [0.5, 0.6) is 11.5 Å². The summed E-state index contributed by atoms with van der Waals surface area (Å²) in [4.78, 5) is 26.7. The molecule has 8 nitrogen and oxygen atoms in total. The molecule has 1 unspecified atom stereocenters. The molecule has 3 heterocycles. The lowest BCUT2D eigenvalue weighted by Crippen LogP contribution is -2.44. The predicted molar refractivity (Wildman–Crippen MR) is 124 cm³/mol. The summed E-state index contributed by atoms with van der Waals surface area (Å²) < 4.78 is 16.3. The van der Waals surface area contributed by atoms with Crippen LogP contribution in [0.2, 0.25) is 0 Å². The lowest BCUT2D eigenvalue weighted by molar-refractivity contribution is -0.131. The van der Waals surface area contributed by atoms with Gasteiger partial charge >= 0.3 is 0 Å². The van der Waals surface area contributed by atoms with Crippen LogP contribution in [0.25, 0.3) is 11.3 Å². The van der Waals surface area contributed by atoms with Crippen LogP contribution in [0.15, 0.2) is 59.1 Å². The maximum atomic E-state index is 12.9. The van der Waals surface area contributed by atoms with Gasteiger partial charge in [0.25, 0.3) is 0 Å². The van der Waals surface area contributed by atoms with E-state index in [1.54, 1.807) is 11.9 Å². The highest BCUT2D eigenvalue weighted by molar-refractivity contribution is 5.80. The van der Waals surface area contributed by atoms with Crippen LogP contribution in [-0.4, -0.2) is 41.3 Å². The van der Waals surface area contributed by atoms with Crippen molar-refractivity contribution in [2.24, 2.45) is 0 Å². The number of hydrogen-bond acceptors (Lipinski definition) is 6. The summed E-state index contributed by atoms with van der Waals surface area (Å²) in [6.45, 7) is 0.580. The third kappa shape index (κ3) is 4.76. The zero-order chi connectivity index (χ0) is 23.5. The van der Waals surface area contributed by atoms with Crippen LogP contribution < -0.4 is 14.8 Å². The fourth-order valence-corrected chi connectivity index (χ4v) is 4.62. The van der Waals surface area contributed by atoms with Crippen LogP contribution >= 0.6 is 0 Å². The van der Waals surface area contributed by atoms with Gasteiger partial charge in [0.2, 0.25) is 18.6 Å². The molecule has 1 saturated heterocycles. The number of carbonyl (C=O) groups excluding carboxylic acids is 2. The first kappa shape index (κ1) is 22.0. The average Bonchev–Trinajstić information content (AvgIpc) is 3.58. The Bertz CT molecular complexity index is 1190. The average molecular weight is 462 g/mol. The number of hydrogen-bond donors (Lipinski definition) is 1. The quantitative estimate of drug-likeness (QED) is 0.550. The second-order valence-corrected chi connectivity index (χ2v) is 8.99. The Morgan fingerprint density at radius 3 is 2.74 bits per heavy atom. The monoisotopic (exact) mass is 461 g/mol. The minimum absolute atomic E-state index is 0.00419. The van der Waals surface area contributed by atoms with Crippen molar-refractivity contribution < 1.29 is 23.6 Å². The molecule has 1 fully saturated rings. The Morgan fingerprint density at radius 1 is 1.12 bits per heavy atom. The maximum absolute atomic E-state index is 12.9. The lowest BCUT2D eigenvalue weighted by atomic mass is 9.84. The highest BCUT2D eigenvalue weighted by Crippen LogP contribution is 2.36. The number of fused-ring (bicyclic) bond motifs is 1. The van der Waals surface area contributed by atoms with Crippen molar-refractivity contribution in [3.05, 3.63) is 65.9 Å². The van der Waals surface area contributed by atoms with E-state index in [-0.39, 0.29) is 18.6 Å². The highest BCUT2D eigenvalue weighted by Gasteiger charge is 2.38. The number of nitrogens with one attached hydrogen (secondary N) is 1.